The molecule has 1 N–H and O–H groups in total. The van der Waals surface area contributed by atoms with Crippen LogP contribution in [0.2, 0.25) is 0 Å². The summed E-state index contributed by atoms with van der Waals surface area (Å²) >= 11 is 3.58. The summed E-state index contributed by atoms with van der Waals surface area (Å²) in [6.07, 6.45) is 0.928. The molecule has 1 aromatic rings. The number of hydrogen-bond donors (Lipinski definition) is 1. The third kappa shape index (κ3) is 1.98. The molecule has 0 bridgehead atoms. The Balaban J connectivity index is 2.71. The molecule has 94 valence electrons. The number of methoxy groups -OCH3 is 3. The quantitative estimate of drug-likeness (QED) is 0.928. The van der Waals surface area contributed by atoms with E-state index in [0.29, 0.717) is 11.5 Å². The first-order chi connectivity index (χ1) is 8.24. The molecule has 1 aliphatic heterocycles. The Morgan fingerprint density at radius 1 is 0.941 bits per heavy atom. The summed E-state index contributed by atoms with van der Waals surface area (Å²) in [7, 11) is 4.92. The number of nitrogens with one attached hydrogen (secondary N) is 1. The van der Waals surface area contributed by atoms with Crippen molar-refractivity contribution in [3.8, 4) is 17.2 Å². The van der Waals surface area contributed by atoms with Crippen molar-refractivity contribution in [1.29, 1.82) is 0 Å². The van der Waals surface area contributed by atoms with Crippen molar-refractivity contribution in [3.63, 3.8) is 0 Å². The van der Waals surface area contributed by atoms with E-state index in [4.69, 9.17) is 14.2 Å². The minimum atomic E-state index is 0.655. The zero-order valence-corrected chi connectivity index (χ0v) is 11.8. The van der Waals surface area contributed by atoms with Crippen LogP contribution in [-0.2, 0) is 13.0 Å². The van der Waals surface area contributed by atoms with Crippen LogP contribution in [0.1, 0.15) is 11.1 Å². The lowest BCUT2D eigenvalue weighted by atomic mass is 9.98. The summed E-state index contributed by atoms with van der Waals surface area (Å²) in [5.41, 5.74) is 2.38. The van der Waals surface area contributed by atoms with Crippen molar-refractivity contribution in [1.82, 2.24) is 5.32 Å². The molecule has 0 fully saturated rings. The van der Waals surface area contributed by atoms with E-state index in [-0.39, 0.29) is 0 Å². The molecule has 1 aromatic carbocycles. The molecular formula is C12H16BrNO3. The molecule has 0 amide bonds. The van der Waals surface area contributed by atoms with Gasteiger partial charge in [0.05, 0.1) is 25.8 Å². The summed E-state index contributed by atoms with van der Waals surface area (Å²) in [5.74, 6) is 2.12. The average molecular weight is 302 g/mol. The molecule has 4 nitrogen and oxygen atoms in total. The maximum Gasteiger partial charge on any atom is 0.204 e. The lowest BCUT2D eigenvalue weighted by Gasteiger charge is -2.25. The monoisotopic (exact) mass is 301 g/mol. The highest BCUT2D eigenvalue weighted by molar-refractivity contribution is 9.10. The maximum absolute atomic E-state index is 5.48. The van der Waals surface area contributed by atoms with Crippen molar-refractivity contribution in [2.24, 2.45) is 0 Å². The van der Waals surface area contributed by atoms with Crippen LogP contribution >= 0.6 is 15.9 Å². The Hall–Kier alpha value is -0.940. The van der Waals surface area contributed by atoms with Crippen molar-refractivity contribution >= 4 is 15.9 Å². The summed E-state index contributed by atoms with van der Waals surface area (Å²) < 4.78 is 17.2. The molecule has 0 saturated heterocycles. The number of benzene rings is 1. The van der Waals surface area contributed by atoms with Crippen LogP contribution in [0, 0.1) is 0 Å². The van der Waals surface area contributed by atoms with Gasteiger partial charge in [-0.1, -0.05) is 0 Å². The summed E-state index contributed by atoms with van der Waals surface area (Å²) in [5, 5.41) is 3.34. The highest BCUT2D eigenvalue weighted by Gasteiger charge is 2.26. The highest BCUT2D eigenvalue weighted by atomic mass is 79.9. The van der Waals surface area contributed by atoms with Gasteiger partial charge in [0.1, 0.15) is 0 Å². The van der Waals surface area contributed by atoms with Gasteiger partial charge in [-0.3, -0.25) is 0 Å². The van der Waals surface area contributed by atoms with Gasteiger partial charge in [0.2, 0.25) is 5.75 Å². The molecule has 0 radical (unpaired) electrons. The number of fused-ring (bicyclic) bond motifs is 1. The largest absolute Gasteiger partial charge is 0.492 e. The number of hydrogen-bond acceptors (Lipinski definition) is 4. The summed E-state index contributed by atoms with van der Waals surface area (Å²) in [6, 6.07) is 0. The summed E-state index contributed by atoms with van der Waals surface area (Å²) in [4.78, 5) is 0. The first-order valence-corrected chi connectivity index (χ1v) is 6.23. The Bertz CT molecular complexity index is 417. The number of rotatable bonds is 3. The molecule has 0 unspecified atom stereocenters. The van der Waals surface area contributed by atoms with Crippen LogP contribution in [0.3, 0.4) is 0 Å². The Morgan fingerprint density at radius 2 is 1.59 bits per heavy atom. The van der Waals surface area contributed by atoms with E-state index in [1.165, 1.54) is 11.1 Å². The van der Waals surface area contributed by atoms with Crippen molar-refractivity contribution in [3.05, 3.63) is 15.6 Å². The molecule has 2 rings (SSSR count). The van der Waals surface area contributed by atoms with Crippen LogP contribution < -0.4 is 19.5 Å². The van der Waals surface area contributed by atoms with Crippen molar-refractivity contribution < 1.29 is 14.2 Å². The third-order valence-electron chi connectivity index (χ3n) is 2.98. The predicted octanol–water partition coefficient (Wildman–Crippen LogP) is 2.12. The Kier molecular flexibility index (Phi) is 3.79. The second-order valence-electron chi connectivity index (χ2n) is 3.80. The lowest BCUT2D eigenvalue weighted by molar-refractivity contribution is 0.318. The van der Waals surface area contributed by atoms with Crippen LogP contribution in [0.4, 0.5) is 0 Å². The van der Waals surface area contributed by atoms with E-state index >= 15 is 0 Å². The third-order valence-corrected chi connectivity index (χ3v) is 3.82. The minimum absolute atomic E-state index is 0.655. The fourth-order valence-corrected chi connectivity index (χ4v) is 2.93. The fourth-order valence-electron chi connectivity index (χ4n) is 2.21. The van der Waals surface area contributed by atoms with Crippen LogP contribution in [-0.4, -0.2) is 27.9 Å². The molecular weight excluding hydrogens is 286 g/mol. The molecule has 0 atom stereocenters. The summed E-state index contributed by atoms with van der Waals surface area (Å²) in [6.45, 7) is 1.76. The van der Waals surface area contributed by atoms with E-state index in [9.17, 15) is 0 Å². The van der Waals surface area contributed by atoms with Gasteiger partial charge >= 0.3 is 0 Å². The van der Waals surface area contributed by atoms with Gasteiger partial charge in [-0.15, -0.1) is 0 Å². The van der Waals surface area contributed by atoms with Crippen LogP contribution in [0.15, 0.2) is 4.47 Å². The van der Waals surface area contributed by atoms with E-state index in [1.807, 2.05) is 0 Å². The van der Waals surface area contributed by atoms with E-state index in [0.717, 1.165) is 29.7 Å². The molecule has 0 saturated carbocycles. The molecule has 0 spiro atoms. The van der Waals surface area contributed by atoms with Crippen LogP contribution in [0.5, 0.6) is 17.2 Å². The highest BCUT2D eigenvalue weighted by Crippen LogP contribution is 2.48. The standard InChI is InChI=1S/C12H16BrNO3/c1-15-10-7-4-5-14-6-8(7)9(13)11(16-2)12(10)17-3/h14H,4-6H2,1-3H3. The van der Waals surface area contributed by atoms with Gasteiger partial charge in [0.25, 0.3) is 0 Å². The predicted molar refractivity (Wildman–Crippen MR) is 69.2 cm³/mol. The molecule has 1 heterocycles. The van der Waals surface area contributed by atoms with Crippen LogP contribution in [0.25, 0.3) is 0 Å². The van der Waals surface area contributed by atoms with E-state index in [1.54, 1.807) is 21.3 Å². The van der Waals surface area contributed by atoms with Gasteiger partial charge < -0.3 is 19.5 Å². The zero-order chi connectivity index (χ0) is 12.4. The smallest absolute Gasteiger partial charge is 0.204 e. The second-order valence-corrected chi connectivity index (χ2v) is 4.59. The second kappa shape index (κ2) is 5.14. The zero-order valence-electron chi connectivity index (χ0n) is 10.2. The Labute approximate surface area is 109 Å². The lowest BCUT2D eigenvalue weighted by Crippen LogP contribution is -2.25. The number of halogens is 1. The number of ether oxygens (including phenoxy) is 3. The van der Waals surface area contributed by atoms with Gasteiger partial charge in [-0.25, -0.2) is 0 Å². The topological polar surface area (TPSA) is 39.7 Å². The molecule has 5 heteroatoms. The fraction of sp³-hybridized carbons (Fsp3) is 0.500. The molecule has 17 heavy (non-hydrogen) atoms. The molecule has 1 aliphatic rings. The first kappa shape index (κ1) is 12.5. The van der Waals surface area contributed by atoms with Gasteiger partial charge in [-0.05, 0) is 34.5 Å². The van der Waals surface area contributed by atoms with E-state index in [2.05, 4.69) is 21.2 Å². The van der Waals surface area contributed by atoms with Gasteiger partial charge in [0.15, 0.2) is 11.5 Å². The van der Waals surface area contributed by atoms with Gasteiger partial charge in [-0.2, -0.15) is 0 Å². The molecule has 0 aromatic heterocycles. The average Bonchev–Trinajstić information content (AvgIpc) is 2.38. The maximum atomic E-state index is 5.48. The normalized spacial score (nSPS) is 14.1. The van der Waals surface area contributed by atoms with Crippen molar-refractivity contribution in [2.75, 3.05) is 27.9 Å². The van der Waals surface area contributed by atoms with Crippen molar-refractivity contribution in [2.45, 2.75) is 13.0 Å². The SMILES string of the molecule is COc1c(Br)c2c(c(OC)c1OC)CCNC2. The molecule has 0 aliphatic carbocycles. The van der Waals surface area contributed by atoms with E-state index < -0.39 is 0 Å². The Morgan fingerprint density at radius 3 is 2.18 bits per heavy atom. The van der Waals surface area contributed by atoms with Gasteiger partial charge in [0, 0.05) is 12.1 Å². The first-order valence-electron chi connectivity index (χ1n) is 5.44. The minimum Gasteiger partial charge on any atom is -0.492 e.